The van der Waals surface area contributed by atoms with Crippen LogP contribution in [0.15, 0.2) is 12.1 Å². The fraction of sp³-hybridized carbons (Fsp3) is 0.333. The van der Waals surface area contributed by atoms with Gasteiger partial charge in [0, 0.05) is 11.1 Å². The first kappa shape index (κ1) is 14.7. The number of benzene rings is 1. The Kier molecular flexibility index (Phi) is 5.62. The molecule has 0 fully saturated rings. The van der Waals surface area contributed by atoms with Gasteiger partial charge < -0.3 is 17.3 Å². The Bertz CT molecular complexity index is 306. The Balaban J connectivity index is 0.000000336. The van der Waals surface area contributed by atoms with Crippen molar-refractivity contribution in [3.8, 4) is 0 Å². The van der Waals surface area contributed by atoms with Crippen molar-refractivity contribution in [3.05, 3.63) is 32.4 Å². The highest BCUT2D eigenvalue weighted by molar-refractivity contribution is 6.50. The lowest BCUT2D eigenvalue weighted by atomic mass is 10.1. The van der Waals surface area contributed by atoms with Crippen molar-refractivity contribution in [2.24, 2.45) is 0 Å². The largest absolute Gasteiger partial charge is 0.673 e. The van der Waals surface area contributed by atoms with Crippen LogP contribution < -0.4 is 22.6 Å². The quantitative estimate of drug-likeness (QED) is 0.365. The van der Waals surface area contributed by atoms with E-state index in [2.05, 4.69) is 55.5 Å². The van der Waals surface area contributed by atoms with E-state index < -0.39 is 7.25 Å². The fourth-order valence-corrected chi connectivity index (χ4v) is 1.50. The normalized spacial score (nSPS) is 10.7. The molecule has 0 amide bonds. The summed E-state index contributed by atoms with van der Waals surface area (Å²) in [6, 6.07) is 4.45. The maximum atomic E-state index is 9.75. The number of hydrogen-bond acceptors (Lipinski definition) is 0. The van der Waals surface area contributed by atoms with Crippen LogP contribution in [0.3, 0.4) is 0 Å². The van der Waals surface area contributed by atoms with Crippen molar-refractivity contribution in [1.29, 1.82) is 0 Å². The summed E-state index contributed by atoms with van der Waals surface area (Å²) < 4.78 is 40.4. The molecule has 0 bridgehead atoms. The van der Waals surface area contributed by atoms with Gasteiger partial charge in [0.2, 0.25) is 0 Å². The first-order valence-corrected chi connectivity index (χ1v) is 5.40. The Morgan fingerprint density at radius 3 is 1.47 bits per heavy atom. The van der Waals surface area contributed by atoms with Crippen LogP contribution >= 0.6 is 0 Å². The molecule has 0 aliphatic heterocycles. The minimum atomic E-state index is -6.00. The molecule has 0 unspecified atom stereocenters. The molecule has 1 aromatic rings. The van der Waals surface area contributed by atoms with Crippen LogP contribution in [0.4, 0.5) is 17.3 Å². The Labute approximate surface area is 100 Å². The van der Waals surface area contributed by atoms with Gasteiger partial charge in [0.1, 0.15) is 0 Å². The van der Waals surface area contributed by atoms with Crippen LogP contribution in [0, 0.1) is 24.3 Å². The van der Waals surface area contributed by atoms with E-state index in [4.69, 9.17) is 0 Å². The monoisotopic (exact) mass is 334 g/mol. The van der Waals surface area contributed by atoms with Crippen molar-refractivity contribution in [3.63, 3.8) is 0 Å². The Morgan fingerprint density at radius 2 is 1.20 bits per heavy atom. The Hall–Kier alpha value is -0.265. The summed E-state index contributed by atoms with van der Waals surface area (Å²) >= 11 is 2.10. The summed E-state index contributed by atoms with van der Waals surface area (Å²) in [7, 11) is -6.00. The van der Waals surface area contributed by atoms with E-state index in [1.807, 2.05) is 0 Å². The molecule has 0 nitrogen and oxygen atoms in total. The lowest BCUT2D eigenvalue weighted by Gasteiger charge is -1.97. The van der Waals surface area contributed by atoms with Gasteiger partial charge in [-0.2, -0.15) is 0 Å². The first-order valence-electron chi connectivity index (χ1n) is 4.23. The summed E-state index contributed by atoms with van der Waals surface area (Å²) in [5, 5.41) is 0. The molecule has 1 aromatic carbocycles. The van der Waals surface area contributed by atoms with Gasteiger partial charge in [0.05, 0.1) is 0 Å². The van der Waals surface area contributed by atoms with Gasteiger partial charge in [0.15, 0.2) is 3.57 Å². The molecule has 0 atom stereocenters. The highest BCUT2D eigenvalue weighted by atomic mass is 127. The second-order valence-corrected chi connectivity index (χ2v) is 4.39. The van der Waals surface area contributed by atoms with Crippen molar-refractivity contribution >= 4 is 7.25 Å². The molecule has 0 saturated heterocycles. The van der Waals surface area contributed by atoms with Crippen LogP contribution in [0.1, 0.15) is 16.7 Å². The maximum absolute atomic E-state index is 9.75. The minimum Gasteiger partial charge on any atom is -0.418 e. The third-order valence-corrected chi connectivity index (χ3v) is 3.44. The summed E-state index contributed by atoms with van der Waals surface area (Å²) in [6.45, 7) is 6.47. The second kappa shape index (κ2) is 5.72. The van der Waals surface area contributed by atoms with E-state index in [1.54, 1.807) is 0 Å². The molecule has 6 heteroatoms. The van der Waals surface area contributed by atoms with Crippen molar-refractivity contribution < 1.29 is 39.9 Å². The maximum Gasteiger partial charge on any atom is 0.673 e. The third-order valence-electron chi connectivity index (χ3n) is 1.60. The van der Waals surface area contributed by atoms with Gasteiger partial charge >= 0.3 is 7.25 Å². The average Bonchev–Trinajstić information content (AvgIpc) is 1.96. The molecule has 86 valence electrons. The molecule has 0 heterocycles. The van der Waals surface area contributed by atoms with Crippen molar-refractivity contribution in [2.45, 2.75) is 20.8 Å². The van der Waals surface area contributed by atoms with Gasteiger partial charge in [-0.1, -0.05) is 17.7 Å². The summed E-state index contributed by atoms with van der Waals surface area (Å²) in [5.74, 6) is 0. The van der Waals surface area contributed by atoms with Gasteiger partial charge in [0.25, 0.3) is 22.6 Å². The molecular weight excluding hydrogens is 322 g/mol. The number of halogens is 5. The Morgan fingerprint density at radius 1 is 0.933 bits per heavy atom. The zero-order chi connectivity index (χ0) is 12.2. The molecule has 0 radical (unpaired) electrons. The van der Waals surface area contributed by atoms with Gasteiger partial charge in [-0.15, -0.1) is 0 Å². The summed E-state index contributed by atoms with van der Waals surface area (Å²) in [5.41, 5.74) is 4.17. The molecule has 0 aliphatic carbocycles. The molecule has 1 rings (SSSR count). The van der Waals surface area contributed by atoms with Gasteiger partial charge in [-0.3, -0.25) is 0 Å². The smallest absolute Gasteiger partial charge is 0.418 e. The van der Waals surface area contributed by atoms with Gasteiger partial charge in [-0.25, -0.2) is 0 Å². The molecule has 0 saturated carbocycles. The lowest BCUT2D eigenvalue weighted by Crippen LogP contribution is -3.34. The van der Waals surface area contributed by atoms with Crippen LogP contribution in [-0.4, -0.2) is 7.25 Å². The van der Waals surface area contributed by atoms with E-state index in [-0.39, 0.29) is 0 Å². The average molecular weight is 334 g/mol. The first-order chi connectivity index (χ1) is 6.61. The van der Waals surface area contributed by atoms with Crippen LogP contribution in [-0.2, 0) is 0 Å². The highest BCUT2D eigenvalue weighted by Gasteiger charge is 2.20. The SMILES string of the molecule is Cc1cc(C)c([IH+])c(C)c1.F[B-](F)(F)F. The molecule has 0 spiro atoms. The standard InChI is InChI=1S/C9H12I.BF4/c1-6-4-7(2)9(10)8(3)5-6;2-1(3,4)5/h4-5,10H,1-3H3;/q+1;-1. The number of aryl methyl sites for hydroxylation is 3. The van der Waals surface area contributed by atoms with Crippen LogP contribution in [0.25, 0.3) is 0 Å². The zero-order valence-corrected chi connectivity index (χ0v) is 11.0. The van der Waals surface area contributed by atoms with E-state index in [0.29, 0.717) is 0 Å². The van der Waals surface area contributed by atoms with E-state index >= 15 is 0 Å². The lowest BCUT2D eigenvalue weighted by molar-refractivity contribution is -0.330. The topological polar surface area (TPSA) is 0 Å². The highest BCUT2D eigenvalue weighted by Crippen LogP contribution is 2.07. The molecule has 15 heavy (non-hydrogen) atoms. The number of rotatable bonds is 0. The van der Waals surface area contributed by atoms with Crippen molar-refractivity contribution in [2.75, 3.05) is 0 Å². The van der Waals surface area contributed by atoms with E-state index in [0.717, 1.165) is 0 Å². The molecule has 0 aromatic heterocycles. The summed E-state index contributed by atoms with van der Waals surface area (Å²) in [4.78, 5) is 0. The van der Waals surface area contributed by atoms with Crippen molar-refractivity contribution in [1.82, 2.24) is 0 Å². The second-order valence-electron chi connectivity index (χ2n) is 3.22. The number of hydrogen-bond donors (Lipinski definition) is 0. The molecular formula is C9H12BF4I. The van der Waals surface area contributed by atoms with E-state index in [9.17, 15) is 17.3 Å². The zero-order valence-electron chi connectivity index (χ0n) is 8.65. The van der Waals surface area contributed by atoms with E-state index in [1.165, 1.54) is 20.3 Å². The molecule has 0 aliphatic rings. The summed E-state index contributed by atoms with van der Waals surface area (Å²) in [6.07, 6.45) is 0. The molecule has 0 N–H and O–H groups in total. The fourth-order valence-electron chi connectivity index (χ4n) is 1.17. The third kappa shape index (κ3) is 7.64. The van der Waals surface area contributed by atoms with Crippen LogP contribution in [0.2, 0.25) is 0 Å². The van der Waals surface area contributed by atoms with Gasteiger partial charge in [-0.05, 0) is 20.8 Å². The predicted molar refractivity (Wildman–Crippen MR) is 50.9 cm³/mol. The minimum absolute atomic E-state index is 1.36. The van der Waals surface area contributed by atoms with Crippen LogP contribution in [0.5, 0.6) is 0 Å². The predicted octanol–water partition coefficient (Wildman–Crippen LogP) is 0.367.